The molecular weight excluding hydrogens is 160 g/mol. The van der Waals surface area contributed by atoms with Gasteiger partial charge in [0.2, 0.25) is 0 Å². The molecule has 1 aromatic carbocycles. The van der Waals surface area contributed by atoms with Crippen molar-refractivity contribution in [1.82, 2.24) is 0 Å². The minimum absolute atomic E-state index is 0.723. The van der Waals surface area contributed by atoms with Crippen molar-refractivity contribution in [3.63, 3.8) is 0 Å². The maximum atomic E-state index is 5.50. The summed E-state index contributed by atoms with van der Waals surface area (Å²) in [6.07, 6.45) is 0.967. The first kappa shape index (κ1) is 10.1. The smallest absolute Gasteiger partial charge is 0.0390 e. The molecule has 0 aromatic heterocycles. The average molecular weight is 178 g/mol. The van der Waals surface area contributed by atoms with Crippen LogP contribution in [0.3, 0.4) is 0 Å². The first-order chi connectivity index (χ1) is 6.15. The summed E-state index contributed by atoms with van der Waals surface area (Å²) in [5.41, 5.74) is 9.42. The number of hydrogen-bond acceptors (Lipinski definition) is 2. The summed E-state index contributed by atoms with van der Waals surface area (Å²) >= 11 is 0. The van der Waals surface area contributed by atoms with Crippen LogP contribution in [-0.4, -0.2) is 20.6 Å². The number of benzene rings is 1. The van der Waals surface area contributed by atoms with Crippen LogP contribution in [0.2, 0.25) is 0 Å². The zero-order valence-electron chi connectivity index (χ0n) is 8.67. The van der Waals surface area contributed by atoms with Gasteiger partial charge in [0.1, 0.15) is 0 Å². The summed E-state index contributed by atoms with van der Waals surface area (Å²) < 4.78 is 0. The fourth-order valence-corrected chi connectivity index (χ4v) is 1.54. The van der Waals surface area contributed by atoms with Crippen LogP contribution >= 0.6 is 0 Å². The van der Waals surface area contributed by atoms with Crippen LogP contribution in [0.5, 0.6) is 0 Å². The molecule has 2 nitrogen and oxygen atoms in total. The molecule has 0 bridgehead atoms. The zero-order valence-corrected chi connectivity index (χ0v) is 8.67. The fourth-order valence-electron chi connectivity index (χ4n) is 1.54. The Morgan fingerprint density at radius 1 is 1.31 bits per heavy atom. The van der Waals surface area contributed by atoms with Gasteiger partial charge in [0.05, 0.1) is 0 Å². The summed E-state index contributed by atoms with van der Waals surface area (Å²) in [6, 6.07) is 6.51. The van der Waals surface area contributed by atoms with E-state index in [0.717, 1.165) is 13.0 Å². The Labute approximate surface area is 80.4 Å². The molecule has 0 saturated heterocycles. The minimum Gasteiger partial charge on any atom is -0.377 e. The first-order valence-corrected chi connectivity index (χ1v) is 4.62. The first-order valence-electron chi connectivity index (χ1n) is 4.62. The monoisotopic (exact) mass is 178 g/mol. The van der Waals surface area contributed by atoms with Crippen molar-refractivity contribution >= 4 is 5.69 Å². The lowest BCUT2D eigenvalue weighted by Gasteiger charge is -2.16. The summed E-state index contributed by atoms with van der Waals surface area (Å²) in [4.78, 5) is 2.13. The SMILES string of the molecule is Cc1cc(CCN)ccc1N(C)C. The Hall–Kier alpha value is -1.02. The van der Waals surface area contributed by atoms with Crippen molar-refractivity contribution in [3.05, 3.63) is 29.3 Å². The van der Waals surface area contributed by atoms with Crippen LogP contribution < -0.4 is 10.6 Å². The second-order valence-corrected chi connectivity index (χ2v) is 3.55. The number of nitrogens with zero attached hydrogens (tertiary/aromatic N) is 1. The van der Waals surface area contributed by atoms with Crippen molar-refractivity contribution in [1.29, 1.82) is 0 Å². The second-order valence-electron chi connectivity index (χ2n) is 3.55. The number of aryl methyl sites for hydroxylation is 1. The molecule has 0 aliphatic rings. The van der Waals surface area contributed by atoms with E-state index in [-0.39, 0.29) is 0 Å². The van der Waals surface area contributed by atoms with Gasteiger partial charge >= 0.3 is 0 Å². The molecule has 13 heavy (non-hydrogen) atoms. The molecular formula is C11H18N2. The van der Waals surface area contributed by atoms with Gasteiger partial charge in [-0.05, 0) is 37.1 Å². The third kappa shape index (κ3) is 2.46. The quantitative estimate of drug-likeness (QED) is 0.761. The highest BCUT2D eigenvalue weighted by molar-refractivity contribution is 5.53. The molecule has 0 amide bonds. The molecule has 0 aliphatic heterocycles. The van der Waals surface area contributed by atoms with Gasteiger partial charge in [0.25, 0.3) is 0 Å². The lowest BCUT2D eigenvalue weighted by Crippen LogP contribution is -2.10. The van der Waals surface area contributed by atoms with Crippen molar-refractivity contribution in [2.24, 2.45) is 5.73 Å². The highest BCUT2D eigenvalue weighted by atomic mass is 15.1. The van der Waals surface area contributed by atoms with E-state index in [0.29, 0.717) is 0 Å². The van der Waals surface area contributed by atoms with Gasteiger partial charge in [-0.25, -0.2) is 0 Å². The Morgan fingerprint density at radius 2 is 2.00 bits per heavy atom. The molecule has 0 saturated carbocycles. The summed E-state index contributed by atoms with van der Waals surface area (Å²) in [5.74, 6) is 0. The highest BCUT2D eigenvalue weighted by Gasteiger charge is 2.00. The van der Waals surface area contributed by atoms with Gasteiger partial charge in [0.15, 0.2) is 0 Å². The average Bonchev–Trinajstić information content (AvgIpc) is 2.04. The summed E-state index contributed by atoms with van der Waals surface area (Å²) in [5, 5.41) is 0. The zero-order chi connectivity index (χ0) is 9.84. The Kier molecular flexibility index (Phi) is 3.32. The highest BCUT2D eigenvalue weighted by Crippen LogP contribution is 2.18. The molecule has 0 unspecified atom stereocenters. The molecule has 2 heteroatoms. The predicted octanol–water partition coefficient (Wildman–Crippen LogP) is 1.56. The van der Waals surface area contributed by atoms with Crippen LogP contribution in [0.25, 0.3) is 0 Å². The lowest BCUT2D eigenvalue weighted by molar-refractivity contribution is 0.964. The van der Waals surface area contributed by atoms with Crippen molar-refractivity contribution in [2.75, 3.05) is 25.5 Å². The van der Waals surface area contributed by atoms with Crippen LogP contribution in [0.1, 0.15) is 11.1 Å². The number of hydrogen-bond donors (Lipinski definition) is 1. The van der Waals surface area contributed by atoms with E-state index < -0.39 is 0 Å². The van der Waals surface area contributed by atoms with Gasteiger partial charge in [-0.15, -0.1) is 0 Å². The predicted molar refractivity (Wildman–Crippen MR) is 58.3 cm³/mol. The van der Waals surface area contributed by atoms with E-state index >= 15 is 0 Å². The Bertz CT molecular complexity index is 279. The largest absolute Gasteiger partial charge is 0.377 e. The molecule has 1 aromatic rings. The minimum atomic E-state index is 0.723. The Balaban J connectivity index is 2.92. The molecule has 72 valence electrons. The maximum absolute atomic E-state index is 5.50. The van der Waals surface area contributed by atoms with Gasteiger partial charge < -0.3 is 10.6 Å². The fraction of sp³-hybridized carbons (Fsp3) is 0.455. The molecule has 0 fully saturated rings. The van der Waals surface area contributed by atoms with E-state index in [9.17, 15) is 0 Å². The van der Waals surface area contributed by atoms with Gasteiger partial charge in [-0.2, -0.15) is 0 Å². The Morgan fingerprint density at radius 3 is 2.46 bits per heavy atom. The van der Waals surface area contributed by atoms with E-state index in [2.05, 4.69) is 44.1 Å². The molecule has 0 heterocycles. The molecule has 0 aliphatic carbocycles. The molecule has 0 spiro atoms. The second kappa shape index (κ2) is 4.28. The third-order valence-corrected chi connectivity index (χ3v) is 2.18. The maximum Gasteiger partial charge on any atom is 0.0390 e. The van der Waals surface area contributed by atoms with E-state index in [1.807, 2.05) is 0 Å². The van der Waals surface area contributed by atoms with E-state index in [4.69, 9.17) is 5.73 Å². The van der Waals surface area contributed by atoms with Crippen LogP contribution in [-0.2, 0) is 6.42 Å². The molecule has 0 atom stereocenters. The van der Waals surface area contributed by atoms with Crippen molar-refractivity contribution < 1.29 is 0 Å². The van der Waals surface area contributed by atoms with Crippen LogP contribution in [0.4, 0.5) is 5.69 Å². The van der Waals surface area contributed by atoms with Crippen LogP contribution in [0.15, 0.2) is 18.2 Å². The summed E-state index contributed by atoms with van der Waals surface area (Å²) in [7, 11) is 4.12. The van der Waals surface area contributed by atoms with Crippen molar-refractivity contribution in [2.45, 2.75) is 13.3 Å². The van der Waals surface area contributed by atoms with E-state index in [1.54, 1.807) is 0 Å². The molecule has 0 radical (unpaired) electrons. The molecule has 1 rings (SSSR count). The van der Waals surface area contributed by atoms with Gasteiger partial charge in [0, 0.05) is 19.8 Å². The molecule has 2 N–H and O–H groups in total. The normalized spacial score (nSPS) is 10.2. The number of anilines is 1. The van der Waals surface area contributed by atoms with Crippen LogP contribution in [0, 0.1) is 6.92 Å². The van der Waals surface area contributed by atoms with Gasteiger partial charge in [-0.3, -0.25) is 0 Å². The number of nitrogens with two attached hydrogens (primary N) is 1. The van der Waals surface area contributed by atoms with E-state index in [1.165, 1.54) is 16.8 Å². The topological polar surface area (TPSA) is 29.3 Å². The van der Waals surface area contributed by atoms with Gasteiger partial charge in [-0.1, -0.05) is 12.1 Å². The third-order valence-electron chi connectivity index (χ3n) is 2.18. The lowest BCUT2D eigenvalue weighted by atomic mass is 10.1. The summed E-state index contributed by atoms with van der Waals surface area (Å²) in [6.45, 7) is 2.86. The standard InChI is InChI=1S/C11H18N2/c1-9-8-10(6-7-12)4-5-11(9)13(2)3/h4-5,8H,6-7,12H2,1-3H3. The number of rotatable bonds is 3. The van der Waals surface area contributed by atoms with Crippen molar-refractivity contribution in [3.8, 4) is 0 Å².